The summed E-state index contributed by atoms with van der Waals surface area (Å²) < 4.78 is 32.4. The molecule has 156 valence electrons. The smallest absolute Gasteiger partial charge is 0.338 e. The van der Waals surface area contributed by atoms with Gasteiger partial charge in [0.2, 0.25) is 10.0 Å². The van der Waals surface area contributed by atoms with Crippen molar-refractivity contribution in [1.29, 1.82) is 0 Å². The molecule has 1 amide bonds. The maximum atomic E-state index is 12.4. The normalized spacial score (nSPS) is 20.4. The highest BCUT2D eigenvalue weighted by atomic mass is 32.2. The summed E-state index contributed by atoms with van der Waals surface area (Å²) in [5, 5.41) is 2.91. The average Bonchev–Trinajstić information content (AvgIpc) is 2.60. The Kier molecular flexibility index (Phi) is 7.22. The minimum Gasteiger partial charge on any atom is -0.452 e. The van der Waals surface area contributed by atoms with E-state index < -0.39 is 21.5 Å². The minimum absolute atomic E-state index is 0.0302. The second-order valence-corrected chi connectivity index (χ2v) is 10.1. The number of amides is 1. The molecule has 2 rings (SSSR count). The molecule has 0 heterocycles. The molecule has 2 N–H and O–H groups in total. The molecule has 0 unspecified atom stereocenters. The summed E-state index contributed by atoms with van der Waals surface area (Å²) in [6.07, 6.45) is 4.26. The number of ether oxygens (including phenoxy) is 1. The first kappa shape index (κ1) is 22.4. The topological polar surface area (TPSA) is 102 Å². The van der Waals surface area contributed by atoms with Crippen molar-refractivity contribution in [3.8, 4) is 0 Å². The summed E-state index contributed by atoms with van der Waals surface area (Å²) >= 11 is 0. The summed E-state index contributed by atoms with van der Waals surface area (Å²) in [7, 11) is -3.77. The molecule has 0 bridgehead atoms. The third-order valence-electron chi connectivity index (χ3n) is 4.61. The Hall–Kier alpha value is -1.93. The van der Waals surface area contributed by atoms with Gasteiger partial charge in [-0.05, 0) is 57.7 Å². The maximum absolute atomic E-state index is 12.4. The largest absolute Gasteiger partial charge is 0.452 e. The molecule has 1 saturated carbocycles. The molecule has 8 heteroatoms. The monoisotopic (exact) mass is 410 g/mol. The molecule has 1 aromatic rings. The van der Waals surface area contributed by atoms with E-state index in [1.807, 2.05) is 0 Å². The Morgan fingerprint density at radius 2 is 1.86 bits per heavy atom. The molecule has 1 aromatic carbocycles. The summed E-state index contributed by atoms with van der Waals surface area (Å²) in [5.74, 6) is -0.671. The lowest BCUT2D eigenvalue weighted by Gasteiger charge is -2.29. The highest BCUT2D eigenvalue weighted by molar-refractivity contribution is 7.89. The van der Waals surface area contributed by atoms with Crippen molar-refractivity contribution < 1.29 is 22.7 Å². The molecule has 1 fully saturated rings. The fourth-order valence-corrected chi connectivity index (χ4v) is 4.71. The van der Waals surface area contributed by atoms with Crippen LogP contribution in [0.2, 0.25) is 0 Å². The zero-order valence-electron chi connectivity index (χ0n) is 16.9. The molecule has 1 aliphatic carbocycles. The van der Waals surface area contributed by atoms with Gasteiger partial charge in [-0.2, -0.15) is 0 Å². The van der Waals surface area contributed by atoms with Crippen LogP contribution in [0.25, 0.3) is 0 Å². The van der Waals surface area contributed by atoms with Gasteiger partial charge in [0, 0.05) is 11.6 Å². The van der Waals surface area contributed by atoms with Gasteiger partial charge in [0.1, 0.15) is 0 Å². The van der Waals surface area contributed by atoms with Gasteiger partial charge in [-0.1, -0.05) is 25.8 Å². The van der Waals surface area contributed by atoms with Crippen LogP contribution in [0.5, 0.6) is 0 Å². The van der Waals surface area contributed by atoms with Gasteiger partial charge >= 0.3 is 5.97 Å². The molecule has 28 heavy (non-hydrogen) atoms. The Balaban J connectivity index is 1.96. The molecule has 0 aliphatic heterocycles. The number of benzene rings is 1. The van der Waals surface area contributed by atoms with Crippen LogP contribution in [0, 0.1) is 5.92 Å². The number of nitrogens with one attached hydrogen (secondary N) is 2. The van der Waals surface area contributed by atoms with Crippen LogP contribution in [0.15, 0.2) is 29.2 Å². The first-order valence-corrected chi connectivity index (χ1v) is 11.1. The lowest BCUT2D eigenvalue weighted by Crippen LogP contribution is -2.42. The second kappa shape index (κ2) is 9.05. The van der Waals surface area contributed by atoms with Gasteiger partial charge in [0.15, 0.2) is 6.61 Å². The third-order valence-corrected chi connectivity index (χ3v) is 6.37. The van der Waals surface area contributed by atoms with Crippen LogP contribution in [-0.4, -0.2) is 38.5 Å². The van der Waals surface area contributed by atoms with Crippen molar-refractivity contribution in [1.82, 2.24) is 10.0 Å². The van der Waals surface area contributed by atoms with E-state index in [4.69, 9.17) is 4.74 Å². The predicted octanol–water partition coefficient (Wildman–Crippen LogP) is 2.62. The minimum atomic E-state index is -3.77. The van der Waals surface area contributed by atoms with Gasteiger partial charge in [-0.25, -0.2) is 17.9 Å². The van der Waals surface area contributed by atoms with Crippen LogP contribution in [0.1, 0.15) is 63.7 Å². The van der Waals surface area contributed by atoms with E-state index in [1.54, 1.807) is 20.8 Å². The van der Waals surface area contributed by atoms with Crippen molar-refractivity contribution in [3.63, 3.8) is 0 Å². The van der Waals surface area contributed by atoms with E-state index in [-0.39, 0.29) is 29.0 Å². The van der Waals surface area contributed by atoms with Gasteiger partial charge in [-0.15, -0.1) is 0 Å². The Labute approximate surface area is 167 Å². The van der Waals surface area contributed by atoms with Crippen molar-refractivity contribution in [2.45, 2.75) is 69.9 Å². The van der Waals surface area contributed by atoms with Crippen molar-refractivity contribution in [2.24, 2.45) is 5.92 Å². The molecular formula is C20H30N2O5S. The van der Waals surface area contributed by atoms with Crippen molar-refractivity contribution in [2.75, 3.05) is 6.61 Å². The number of carbonyl (C=O) groups excluding carboxylic acids is 2. The van der Waals surface area contributed by atoms with E-state index in [1.165, 1.54) is 30.7 Å². The third kappa shape index (κ3) is 6.60. The zero-order valence-corrected chi connectivity index (χ0v) is 17.8. The fourth-order valence-electron chi connectivity index (χ4n) is 3.25. The predicted molar refractivity (Wildman–Crippen MR) is 106 cm³/mol. The maximum Gasteiger partial charge on any atom is 0.338 e. The standard InChI is InChI=1S/C20H30N2O5S/c1-14-8-5-6-11-17(14)21-18(23)13-27-19(24)15-9-7-10-16(12-15)28(25,26)22-20(2,3)4/h7,9-10,12,14,17,22H,5-6,8,11,13H2,1-4H3,(H,21,23)/t14-,17-/m0/s1. The van der Waals surface area contributed by atoms with Crippen LogP contribution in [0.3, 0.4) is 0 Å². The van der Waals surface area contributed by atoms with Crippen molar-refractivity contribution in [3.05, 3.63) is 29.8 Å². The van der Waals surface area contributed by atoms with Gasteiger partial charge in [0.05, 0.1) is 10.5 Å². The highest BCUT2D eigenvalue weighted by Crippen LogP contribution is 2.23. The van der Waals surface area contributed by atoms with Crippen LogP contribution < -0.4 is 10.0 Å². The quantitative estimate of drug-likeness (QED) is 0.702. The number of hydrogen-bond donors (Lipinski definition) is 2. The first-order chi connectivity index (χ1) is 13.0. The lowest BCUT2D eigenvalue weighted by molar-refractivity contribution is -0.125. The molecule has 0 aromatic heterocycles. The number of carbonyl (C=O) groups is 2. The first-order valence-electron chi connectivity index (χ1n) is 9.58. The Bertz CT molecular complexity index is 814. The molecular weight excluding hydrogens is 380 g/mol. The van der Waals surface area contributed by atoms with E-state index in [2.05, 4.69) is 17.0 Å². The van der Waals surface area contributed by atoms with Crippen LogP contribution in [0.4, 0.5) is 0 Å². The highest BCUT2D eigenvalue weighted by Gasteiger charge is 2.25. The molecule has 0 saturated heterocycles. The van der Waals surface area contributed by atoms with Gasteiger partial charge < -0.3 is 10.1 Å². The van der Waals surface area contributed by atoms with E-state index >= 15 is 0 Å². The zero-order chi connectivity index (χ0) is 20.9. The molecule has 2 atom stereocenters. The number of rotatable bonds is 6. The SMILES string of the molecule is C[C@H]1CCCC[C@@H]1NC(=O)COC(=O)c1cccc(S(=O)(=O)NC(C)(C)C)c1. The summed E-state index contributed by atoms with van der Waals surface area (Å²) in [6.45, 7) is 6.91. The average molecular weight is 411 g/mol. The number of hydrogen-bond acceptors (Lipinski definition) is 5. The second-order valence-electron chi connectivity index (χ2n) is 8.40. The molecule has 0 spiro atoms. The lowest BCUT2D eigenvalue weighted by atomic mass is 9.86. The van der Waals surface area contributed by atoms with Gasteiger partial charge in [-0.3, -0.25) is 4.79 Å². The fraction of sp³-hybridized carbons (Fsp3) is 0.600. The molecule has 7 nitrogen and oxygen atoms in total. The van der Waals surface area contributed by atoms with E-state index in [9.17, 15) is 18.0 Å². The van der Waals surface area contributed by atoms with Gasteiger partial charge in [0.25, 0.3) is 5.91 Å². The summed E-state index contributed by atoms with van der Waals surface area (Å²) in [6, 6.07) is 5.69. The number of esters is 1. The molecule has 1 aliphatic rings. The molecule has 0 radical (unpaired) electrons. The Morgan fingerprint density at radius 1 is 1.18 bits per heavy atom. The summed E-state index contributed by atoms with van der Waals surface area (Å²) in [5.41, 5.74) is -0.570. The van der Waals surface area contributed by atoms with E-state index in [0.717, 1.165) is 19.3 Å². The number of sulfonamides is 1. The van der Waals surface area contributed by atoms with Crippen LogP contribution in [-0.2, 0) is 19.6 Å². The Morgan fingerprint density at radius 3 is 2.50 bits per heavy atom. The summed E-state index contributed by atoms with van der Waals surface area (Å²) in [4.78, 5) is 24.3. The van der Waals surface area contributed by atoms with Crippen molar-refractivity contribution >= 4 is 21.9 Å². The van der Waals surface area contributed by atoms with E-state index in [0.29, 0.717) is 5.92 Å². The van der Waals surface area contributed by atoms with Crippen LogP contribution >= 0.6 is 0 Å².